The van der Waals surface area contributed by atoms with Crippen LogP contribution in [0, 0.1) is 0 Å². The van der Waals surface area contributed by atoms with Gasteiger partial charge in [0.05, 0.1) is 11.4 Å². The van der Waals surface area contributed by atoms with Crippen molar-refractivity contribution in [3.05, 3.63) is 52.6 Å². The fraction of sp³-hybridized carbons (Fsp3) is 0.263. The number of fused-ring (bicyclic) bond motifs is 6. The summed E-state index contributed by atoms with van der Waals surface area (Å²) in [6, 6.07) is 11.7. The van der Waals surface area contributed by atoms with Crippen molar-refractivity contribution in [3.8, 4) is 23.0 Å². The first-order valence-corrected chi connectivity index (χ1v) is 9.06. The molecule has 2 aromatic carbocycles. The highest BCUT2D eigenvalue weighted by molar-refractivity contribution is 6.00. The van der Waals surface area contributed by atoms with Crippen LogP contribution >= 0.6 is 0 Å². The van der Waals surface area contributed by atoms with E-state index in [1.165, 1.54) is 4.57 Å². The molecule has 0 radical (unpaired) electrons. The Morgan fingerprint density at radius 3 is 2.74 bits per heavy atom. The van der Waals surface area contributed by atoms with Gasteiger partial charge in [-0.15, -0.1) is 10.2 Å². The van der Waals surface area contributed by atoms with Gasteiger partial charge in [-0.25, -0.2) is 9.36 Å². The molecule has 2 bridgehead atoms. The maximum atomic E-state index is 13.2. The van der Waals surface area contributed by atoms with Crippen LogP contribution in [0.15, 0.2) is 41.2 Å². The molecule has 2 N–H and O–H groups in total. The summed E-state index contributed by atoms with van der Waals surface area (Å²) in [4.78, 5) is 13.2. The van der Waals surface area contributed by atoms with Crippen molar-refractivity contribution in [1.29, 1.82) is 0 Å². The summed E-state index contributed by atoms with van der Waals surface area (Å²) in [6.07, 6.45) is 3.02. The lowest BCUT2D eigenvalue weighted by Gasteiger charge is -2.11. The van der Waals surface area contributed by atoms with Crippen molar-refractivity contribution in [3.63, 3.8) is 0 Å². The molecular formula is C19H16N6O2. The third kappa shape index (κ3) is 1.82. The van der Waals surface area contributed by atoms with E-state index in [0.717, 1.165) is 41.3 Å². The number of hydrogen-bond donors (Lipinski definition) is 2. The van der Waals surface area contributed by atoms with Crippen molar-refractivity contribution in [1.82, 2.24) is 29.8 Å². The van der Waals surface area contributed by atoms with E-state index in [0.29, 0.717) is 11.5 Å². The molecule has 27 heavy (non-hydrogen) atoms. The number of tetrazole rings is 1. The lowest BCUT2D eigenvalue weighted by Crippen LogP contribution is -2.25. The number of benzene rings is 2. The largest absolute Gasteiger partial charge is 0.493 e. The van der Waals surface area contributed by atoms with Crippen LogP contribution < -0.4 is 5.69 Å². The van der Waals surface area contributed by atoms with Crippen molar-refractivity contribution in [2.75, 3.05) is 0 Å². The smallest absolute Gasteiger partial charge is 0.336 e. The quantitative estimate of drug-likeness (QED) is 0.572. The van der Waals surface area contributed by atoms with E-state index in [4.69, 9.17) is 0 Å². The van der Waals surface area contributed by atoms with Gasteiger partial charge in [-0.1, -0.05) is 24.3 Å². The number of aromatic hydroxyl groups is 1. The Kier molecular flexibility index (Phi) is 2.76. The molecule has 6 rings (SSSR count). The lowest BCUT2D eigenvalue weighted by molar-refractivity contribution is 0.428. The van der Waals surface area contributed by atoms with Crippen molar-refractivity contribution < 1.29 is 5.11 Å². The van der Waals surface area contributed by atoms with Crippen molar-refractivity contribution in [2.24, 2.45) is 0 Å². The Labute approximate surface area is 153 Å². The van der Waals surface area contributed by atoms with Crippen LogP contribution in [0.5, 0.6) is 5.88 Å². The molecule has 134 valence electrons. The minimum atomic E-state index is -0.160. The summed E-state index contributed by atoms with van der Waals surface area (Å²) in [5.74, 6) is 0.852. The molecular weight excluding hydrogens is 344 g/mol. The molecule has 8 nitrogen and oxygen atoms in total. The van der Waals surface area contributed by atoms with E-state index >= 15 is 0 Å². The van der Waals surface area contributed by atoms with Gasteiger partial charge in [-0.3, -0.25) is 4.57 Å². The van der Waals surface area contributed by atoms with Crippen molar-refractivity contribution in [2.45, 2.75) is 31.2 Å². The molecule has 1 aliphatic heterocycles. The summed E-state index contributed by atoms with van der Waals surface area (Å²) in [7, 11) is 0. The van der Waals surface area contributed by atoms with E-state index in [1.54, 1.807) is 4.57 Å². The van der Waals surface area contributed by atoms with Crippen LogP contribution in [0.2, 0.25) is 0 Å². The topological polar surface area (TPSA) is 102 Å². The lowest BCUT2D eigenvalue weighted by atomic mass is 10.0. The maximum absolute atomic E-state index is 13.2. The first kappa shape index (κ1) is 14.7. The highest BCUT2D eigenvalue weighted by Gasteiger charge is 2.42. The molecule has 1 saturated carbocycles. The summed E-state index contributed by atoms with van der Waals surface area (Å²) in [5.41, 5.74) is 2.12. The minimum Gasteiger partial charge on any atom is -0.493 e. The van der Waals surface area contributed by atoms with E-state index in [-0.39, 0.29) is 23.5 Å². The number of aromatic amines is 1. The standard InChI is InChI=1S/C19H16N6O2/c26-18-16-10-5-6-11(9-10)24(16)19(27)25(18)15-8-7-14(17-20-22-23-21-17)12-3-1-2-4-13(12)15/h1-4,7-8,10-11,26H,5-6,9H2,(H,20,21,22,23)/t10-,11+/m1/s1. The molecule has 1 fully saturated rings. The third-order valence-electron chi connectivity index (χ3n) is 5.98. The number of nitrogens with zero attached hydrogens (tertiary/aromatic N) is 5. The van der Waals surface area contributed by atoms with Gasteiger partial charge in [0.2, 0.25) is 11.7 Å². The Morgan fingerprint density at radius 1 is 1.11 bits per heavy atom. The van der Waals surface area contributed by atoms with Gasteiger partial charge in [-0.2, -0.15) is 5.21 Å². The molecule has 3 heterocycles. The van der Waals surface area contributed by atoms with Crippen LogP contribution in [0.4, 0.5) is 0 Å². The Morgan fingerprint density at radius 2 is 1.96 bits per heavy atom. The Bertz CT molecular complexity index is 1250. The van der Waals surface area contributed by atoms with Gasteiger partial charge in [0.1, 0.15) is 0 Å². The second kappa shape index (κ2) is 5.06. The molecule has 4 aromatic rings. The van der Waals surface area contributed by atoms with E-state index in [2.05, 4.69) is 20.6 Å². The normalized spacial score (nSPS) is 20.4. The van der Waals surface area contributed by atoms with Crippen molar-refractivity contribution >= 4 is 10.8 Å². The van der Waals surface area contributed by atoms with E-state index < -0.39 is 0 Å². The Hall–Kier alpha value is -3.42. The highest BCUT2D eigenvalue weighted by Crippen LogP contribution is 2.51. The number of H-pyrrole nitrogens is 1. The molecule has 2 atom stereocenters. The third-order valence-corrected chi connectivity index (χ3v) is 5.98. The molecule has 0 amide bonds. The average Bonchev–Trinajstić information content (AvgIpc) is 3.46. The maximum Gasteiger partial charge on any atom is 0.336 e. The predicted molar refractivity (Wildman–Crippen MR) is 98.0 cm³/mol. The number of nitrogens with one attached hydrogen (secondary N) is 1. The fourth-order valence-corrected chi connectivity index (χ4v) is 4.86. The number of hydrogen-bond acceptors (Lipinski definition) is 5. The van der Waals surface area contributed by atoms with Gasteiger partial charge in [-0.05, 0) is 42.0 Å². The molecule has 2 aliphatic rings. The van der Waals surface area contributed by atoms with Crippen LogP contribution in [0.25, 0.3) is 27.8 Å². The van der Waals surface area contributed by atoms with Crippen LogP contribution in [0.1, 0.15) is 36.9 Å². The first-order chi connectivity index (χ1) is 13.2. The molecule has 0 spiro atoms. The van der Waals surface area contributed by atoms with Gasteiger partial charge < -0.3 is 5.11 Å². The monoisotopic (exact) mass is 360 g/mol. The second-order valence-corrected chi connectivity index (χ2v) is 7.27. The van der Waals surface area contributed by atoms with Gasteiger partial charge in [0, 0.05) is 22.9 Å². The summed E-state index contributed by atoms with van der Waals surface area (Å²) < 4.78 is 3.24. The fourth-order valence-electron chi connectivity index (χ4n) is 4.86. The molecule has 8 heteroatoms. The molecule has 0 saturated heterocycles. The minimum absolute atomic E-state index is 0.0738. The number of rotatable bonds is 2. The van der Waals surface area contributed by atoms with Crippen LogP contribution in [-0.2, 0) is 0 Å². The Balaban J connectivity index is 1.65. The zero-order valence-corrected chi connectivity index (χ0v) is 14.3. The predicted octanol–water partition coefficient (Wildman–Crippen LogP) is 2.50. The van der Waals surface area contributed by atoms with E-state index in [1.807, 2.05) is 36.4 Å². The number of imidazole rings is 1. The zero-order valence-electron chi connectivity index (χ0n) is 14.3. The van der Waals surface area contributed by atoms with Gasteiger partial charge in [0.15, 0.2) is 0 Å². The van der Waals surface area contributed by atoms with Gasteiger partial charge in [0.25, 0.3) is 0 Å². The molecule has 1 aliphatic carbocycles. The zero-order chi connectivity index (χ0) is 18.1. The molecule has 0 unspecified atom stereocenters. The van der Waals surface area contributed by atoms with Crippen LogP contribution in [0.3, 0.4) is 0 Å². The summed E-state index contributed by atoms with van der Waals surface area (Å²) in [5, 5.41) is 26.9. The number of aromatic nitrogens is 6. The second-order valence-electron chi connectivity index (χ2n) is 7.27. The highest BCUT2D eigenvalue weighted by atomic mass is 16.3. The van der Waals surface area contributed by atoms with Crippen LogP contribution in [-0.4, -0.2) is 34.9 Å². The SMILES string of the molecule is O=c1n(-c2ccc(-c3nn[nH]n3)c3ccccc23)c(O)c2n1[C@H]1CC[C@@H]2C1. The van der Waals surface area contributed by atoms with Gasteiger partial charge >= 0.3 is 5.69 Å². The average molecular weight is 360 g/mol. The summed E-state index contributed by atoms with van der Waals surface area (Å²) in [6.45, 7) is 0. The van der Waals surface area contributed by atoms with E-state index in [9.17, 15) is 9.90 Å². The summed E-state index contributed by atoms with van der Waals surface area (Å²) >= 11 is 0. The molecule has 2 aromatic heterocycles. The first-order valence-electron chi connectivity index (χ1n) is 9.06.